The number of anilines is 2. The Hall–Kier alpha value is -1.36. The molecule has 0 amide bonds. The number of nitrogen functional groups attached to an aromatic ring is 1. The summed E-state index contributed by atoms with van der Waals surface area (Å²) in [5.74, 6) is 2.32. The second kappa shape index (κ2) is 5.08. The predicted octanol–water partition coefficient (Wildman–Crippen LogP) is 1.86. The van der Waals surface area contributed by atoms with Crippen molar-refractivity contribution in [3.63, 3.8) is 0 Å². The fourth-order valence-electron chi connectivity index (χ4n) is 4.59. The minimum absolute atomic E-state index is 0.115. The normalized spacial score (nSPS) is 30.0. The number of rotatable bonds is 1. The van der Waals surface area contributed by atoms with Crippen LogP contribution in [-0.4, -0.2) is 35.6 Å². The fourth-order valence-corrected chi connectivity index (χ4v) is 4.59. The third-order valence-electron chi connectivity index (χ3n) is 5.77. The van der Waals surface area contributed by atoms with Gasteiger partial charge in [0, 0.05) is 30.1 Å². The van der Waals surface area contributed by atoms with E-state index in [2.05, 4.69) is 34.0 Å². The number of aromatic nitrogens is 2. The van der Waals surface area contributed by atoms with Gasteiger partial charge in [-0.25, -0.2) is 4.98 Å². The number of hydrogen-bond donors (Lipinski definition) is 2. The Kier molecular flexibility index (Phi) is 3.29. The molecule has 0 aromatic carbocycles. The van der Waals surface area contributed by atoms with Crippen LogP contribution in [0.5, 0.6) is 0 Å². The quantitative estimate of drug-likeness (QED) is 0.829. The van der Waals surface area contributed by atoms with Crippen molar-refractivity contribution < 1.29 is 0 Å². The molecule has 2 fully saturated rings. The second-order valence-electron chi connectivity index (χ2n) is 7.84. The lowest BCUT2D eigenvalue weighted by Gasteiger charge is -2.34. The molecule has 0 bridgehead atoms. The third-order valence-corrected chi connectivity index (χ3v) is 5.77. The molecule has 2 saturated heterocycles. The monoisotopic (exact) mass is 301 g/mol. The summed E-state index contributed by atoms with van der Waals surface area (Å²) in [5, 5.41) is 3.68. The van der Waals surface area contributed by atoms with E-state index in [0.717, 1.165) is 37.8 Å². The molecule has 2 aliphatic heterocycles. The fraction of sp³-hybridized carbons (Fsp3) is 0.765. The summed E-state index contributed by atoms with van der Waals surface area (Å²) in [4.78, 5) is 11.7. The van der Waals surface area contributed by atoms with Crippen molar-refractivity contribution in [3.8, 4) is 0 Å². The molecule has 5 heteroatoms. The van der Waals surface area contributed by atoms with E-state index in [1.165, 1.54) is 36.9 Å². The second-order valence-corrected chi connectivity index (χ2v) is 7.84. The molecule has 5 nitrogen and oxygen atoms in total. The van der Waals surface area contributed by atoms with Crippen LogP contribution in [0.3, 0.4) is 0 Å². The van der Waals surface area contributed by atoms with Crippen LogP contribution in [0, 0.1) is 5.92 Å². The highest BCUT2D eigenvalue weighted by atomic mass is 15.3. The Morgan fingerprint density at radius 1 is 1.23 bits per heavy atom. The van der Waals surface area contributed by atoms with Crippen molar-refractivity contribution >= 4 is 11.8 Å². The van der Waals surface area contributed by atoms with Gasteiger partial charge in [-0.3, -0.25) is 0 Å². The van der Waals surface area contributed by atoms with Crippen LogP contribution in [0.4, 0.5) is 11.8 Å². The van der Waals surface area contributed by atoms with E-state index in [9.17, 15) is 0 Å². The predicted molar refractivity (Wildman–Crippen MR) is 89.1 cm³/mol. The van der Waals surface area contributed by atoms with E-state index >= 15 is 0 Å². The van der Waals surface area contributed by atoms with E-state index in [0.29, 0.717) is 12.0 Å². The molecule has 3 aliphatic rings. The summed E-state index contributed by atoms with van der Waals surface area (Å²) in [5.41, 5.74) is 8.70. The van der Waals surface area contributed by atoms with Crippen molar-refractivity contribution in [3.05, 3.63) is 11.3 Å². The van der Waals surface area contributed by atoms with Crippen LogP contribution in [-0.2, 0) is 11.8 Å². The molecule has 1 aromatic heterocycles. The number of nitrogens with two attached hydrogens (primary N) is 1. The smallest absolute Gasteiger partial charge is 0.222 e. The van der Waals surface area contributed by atoms with Gasteiger partial charge in [-0.2, -0.15) is 4.98 Å². The van der Waals surface area contributed by atoms with Gasteiger partial charge in [0.05, 0.1) is 5.69 Å². The van der Waals surface area contributed by atoms with E-state index < -0.39 is 0 Å². The summed E-state index contributed by atoms with van der Waals surface area (Å²) in [6.07, 6.45) is 6.13. The number of nitrogens with zero attached hydrogens (tertiary/aromatic N) is 3. The van der Waals surface area contributed by atoms with Crippen LogP contribution in [0.25, 0.3) is 0 Å². The molecular formula is C17H27N5. The summed E-state index contributed by atoms with van der Waals surface area (Å²) in [7, 11) is 0. The minimum atomic E-state index is 0.115. The minimum Gasteiger partial charge on any atom is -0.368 e. The Morgan fingerprint density at radius 2 is 2.09 bits per heavy atom. The Bertz CT molecular complexity index is 569. The van der Waals surface area contributed by atoms with Crippen molar-refractivity contribution in [2.75, 3.05) is 30.3 Å². The van der Waals surface area contributed by atoms with E-state index in [1.54, 1.807) is 0 Å². The van der Waals surface area contributed by atoms with E-state index in [-0.39, 0.29) is 5.41 Å². The van der Waals surface area contributed by atoms with Gasteiger partial charge >= 0.3 is 0 Å². The third kappa shape index (κ3) is 2.26. The zero-order valence-corrected chi connectivity index (χ0v) is 13.7. The lowest BCUT2D eigenvalue weighted by Crippen LogP contribution is -2.40. The Labute approximate surface area is 132 Å². The molecule has 22 heavy (non-hydrogen) atoms. The maximum atomic E-state index is 6.05. The van der Waals surface area contributed by atoms with Crippen molar-refractivity contribution in [1.29, 1.82) is 0 Å². The summed E-state index contributed by atoms with van der Waals surface area (Å²) >= 11 is 0. The van der Waals surface area contributed by atoms with Gasteiger partial charge in [0.15, 0.2) is 0 Å². The van der Waals surface area contributed by atoms with E-state index in [4.69, 9.17) is 5.73 Å². The molecule has 2 unspecified atom stereocenters. The lowest BCUT2D eigenvalue weighted by atomic mass is 9.76. The molecule has 0 saturated carbocycles. The molecule has 2 atom stereocenters. The Morgan fingerprint density at radius 3 is 2.91 bits per heavy atom. The highest BCUT2D eigenvalue weighted by Crippen LogP contribution is 2.40. The number of fused-ring (bicyclic) bond motifs is 2. The van der Waals surface area contributed by atoms with Crippen molar-refractivity contribution in [2.24, 2.45) is 5.92 Å². The van der Waals surface area contributed by atoms with Crippen LogP contribution in [0.2, 0.25) is 0 Å². The molecule has 3 heterocycles. The van der Waals surface area contributed by atoms with E-state index in [1.807, 2.05) is 0 Å². The van der Waals surface area contributed by atoms with Crippen molar-refractivity contribution in [1.82, 2.24) is 15.3 Å². The molecule has 120 valence electrons. The van der Waals surface area contributed by atoms with Gasteiger partial charge in [0.25, 0.3) is 0 Å². The number of nitrogens with one attached hydrogen (secondary N) is 1. The highest BCUT2D eigenvalue weighted by Gasteiger charge is 2.38. The average Bonchev–Trinajstić information content (AvgIpc) is 2.91. The molecule has 1 aromatic rings. The molecule has 1 aliphatic carbocycles. The SMILES string of the molecule is CC1(C)CCCc2c(N3CC4CCCNC4C3)nc(N)nc21. The lowest BCUT2D eigenvalue weighted by molar-refractivity contribution is 0.340. The van der Waals surface area contributed by atoms with Crippen molar-refractivity contribution in [2.45, 2.75) is 57.4 Å². The van der Waals surface area contributed by atoms with Crippen LogP contribution in [0.15, 0.2) is 0 Å². The maximum Gasteiger partial charge on any atom is 0.222 e. The Balaban J connectivity index is 1.72. The van der Waals surface area contributed by atoms with Gasteiger partial charge < -0.3 is 16.0 Å². The van der Waals surface area contributed by atoms with Crippen LogP contribution >= 0.6 is 0 Å². The first-order chi connectivity index (χ1) is 10.5. The van der Waals surface area contributed by atoms with Crippen LogP contribution in [0.1, 0.15) is 50.8 Å². The standard InChI is InChI=1S/C17H27N5/c1-17(2)7-3-6-12-14(17)20-16(18)21-15(12)22-9-11-5-4-8-19-13(11)10-22/h11,13,19H,3-10H2,1-2H3,(H2,18,20,21). The number of piperidine rings is 1. The first-order valence-electron chi connectivity index (χ1n) is 8.70. The molecule has 0 radical (unpaired) electrons. The summed E-state index contributed by atoms with van der Waals surface area (Å²) < 4.78 is 0. The summed E-state index contributed by atoms with van der Waals surface area (Å²) in [6.45, 7) is 7.90. The first-order valence-corrected chi connectivity index (χ1v) is 8.70. The highest BCUT2D eigenvalue weighted by molar-refractivity contribution is 5.55. The van der Waals surface area contributed by atoms with Gasteiger partial charge in [0.2, 0.25) is 5.95 Å². The van der Waals surface area contributed by atoms with Gasteiger partial charge in [-0.1, -0.05) is 13.8 Å². The molecule has 3 N–H and O–H groups in total. The summed E-state index contributed by atoms with van der Waals surface area (Å²) in [6, 6.07) is 0.622. The largest absolute Gasteiger partial charge is 0.368 e. The van der Waals surface area contributed by atoms with Gasteiger partial charge in [0.1, 0.15) is 5.82 Å². The topological polar surface area (TPSA) is 67.1 Å². The van der Waals surface area contributed by atoms with Gasteiger partial charge in [-0.15, -0.1) is 0 Å². The maximum absolute atomic E-state index is 6.05. The molecule has 0 spiro atoms. The zero-order valence-electron chi connectivity index (χ0n) is 13.7. The molecule has 4 rings (SSSR count). The molecular weight excluding hydrogens is 274 g/mol. The average molecular weight is 301 g/mol. The van der Waals surface area contributed by atoms with Gasteiger partial charge in [-0.05, 0) is 44.6 Å². The number of hydrogen-bond acceptors (Lipinski definition) is 5. The van der Waals surface area contributed by atoms with Crippen LogP contribution < -0.4 is 16.0 Å². The zero-order chi connectivity index (χ0) is 15.3. The first kappa shape index (κ1) is 14.2.